The lowest BCUT2D eigenvalue weighted by Crippen LogP contribution is -2.48. The summed E-state index contributed by atoms with van der Waals surface area (Å²) < 4.78 is 6.22. The molecule has 100 valence electrons. The van der Waals surface area contributed by atoms with Gasteiger partial charge in [-0.25, -0.2) is 0 Å². The number of hydrogen-bond donors (Lipinski definition) is 0. The largest absolute Gasteiger partial charge is 0.469 e. The number of carbonyl (C=O) groups is 1. The van der Waals surface area contributed by atoms with Gasteiger partial charge >= 0.3 is 5.97 Å². The van der Waals surface area contributed by atoms with Gasteiger partial charge in [-0.3, -0.25) is 4.79 Å². The van der Waals surface area contributed by atoms with Gasteiger partial charge in [0.05, 0.1) is 12.5 Å². The number of esters is 1. The van der Waals surface area contributed by atoms with E-state index in [4.69, 9.17) is 4.74 Å². The van der Waals surface area contributed by atoms with E-state index < -0.39 is 0 Å². The van der Waals surface area contributed by atoms with Crippen LogP contribution < -0.4 is 0 Å². The van der Waals surface area contributed by atoms with E-state index >= 15 is 0 Å². The average Bonchev–Trinajstić information content (AvgIpc) is 3.07. The highest BCUT2D eigenvalue weighted by Gasteiger charge is 2.86. The molecular formula is C16H17BrO2. The number of methoxy groups -OCH3 is 1. The number of rotatable bonds is 2. The number of halogens is 1. The Bertz CT molecular complexity index is 563. The number of hydrogen-bond acceptors (Lipinski definition) is 2. The van der Waals surface area contributed by atoms with Gasteiger partial charge in [0.1, 0.15) is 0 Å². The molecule has 3 heteroatoms. The minimum atomic E-state index is -0.158. The Labute approximate surface area is 121 Å². The molecule has 1 spiro atoms. The van der Waals surface area contributed by atoms with Crippen molar-refractivity contribution in [3.63, 3.8) is 0 Å². The molecule has 0 aromatic heterocycles. The number of ether oxygens (including phenoxy) is 1. The van der Waals surface area contributed by atoms with Gasteiger partial charge in [-0.05, 0) is 55.2 Å². The molecule has 1 aromatic carbocycles. The first kappa shape index (κ1) is 12.0. The number of benzene rings is 1. The van der Waals surface area contributed by atoms with E-state index in [9.17, 15) is 4.79 Å². The topological polar surface area (TPSA) is 26.3 Å². The summed E-state index contributed by atoms with van der Waals surface area (Å²) in [7, 11) is 1.53. The van der Waals surface area contributed by atoms with Crippen LogP contribution in [-0.4, -0.2) is 13.1 Å². The van der Waals surface area contributed by atoms with Crippen molar-refractivity contribution in [2.24, 2.45) is 10.8 Å². The monoisotopic (exact) mass is 320 g/mol. The molecule has 4 rings (SSSR count). The minimum absolute atomic E-state index is 0.0373. The van der Waals surface area contributed by atoms with Crippen molar-refractivity contribution in [3.8, 4) is 0 Å². The molecule has 3 aliphatic rings. The highest BCUT2D eigenvalue weighted by atomic mass is 79.9. The summed E-state index contributed by atoms with van der Waals surface area (Å²) in [4.78, 5) is 12.2. The predicted molar refractivity (Wildman–Crippen MR) is 75.8 cm³/mol. The molecule has 3 aliphatic carbocycles. The molecule has 3 fully saturated rings. The van der Waals surface area contributed by atoms with E-state index in [0.717, 1.165) is 23.7 Å². The SMILES string of the molecule is COC(=O)C12CCC3(c4ccc(Br)cc4)CC13CC2. The molecule has 19 heavy (non-hydrogen) atoms. The van der Waals surface area contributed by atoms with Crippen LogP contribution in [0.1, 0.15) is 37.7 Å². The van der Waals surface area contributed by atoms with E-state index in [0.29, 0.717) is 0 Å². The van der Waals surface area contributed by atoms with Gasteiger partial charge < -0.3 is 4.74 Å². The second-order valence-electron chi connectivity index (χ2n) is 6.42. The Hall–Kier alpha value is -0.830. The summed E-state index contributed by atoms with van der Waals surface area (Å²) >= 11 is 3.50. The van der Waals surface area contributed by atoms with Crippen molar-refractivity contribution in [1.29, 1.82) is 0 Å². The highest BCUT2D eigenvalue weighted by molar-refractivity contribution is 9.10. The first-order valence-corrected chi connectivity index (χ1v) is 7.74. The Morgan fingerprint density at radius 3 is 2.42 bits per heavy atom. The lowest BCUT2D eigenvalue weighted by Gasteiger charge is -2.46. The lowest BCUT2D eigenvalue weighted by atomic mass is 9.56. The molecule has 3 atom stereocenters. The van der Waals surface area contributed by atoms with Gasteiger partial charge in [0.2, 0.25) is 0 Å². The Morgan fingerprint density at radius 2 is 1.84 bits per heavy atom. The Morgan fingerprint density at radius 1 is 1.16 bits per heavy atom. The van der Waals surface area contributed by atoms with Gasteiger partial charge in [0.25, 0.3) is 0 Å². The first-order valence-electron chi connectivity index (χ1n) is 6.95. The highest BCUT2D eigenvalue weighted by Crippen LogP contribution is 2.88. The third-order valence-corrected chi connectivity index (χ3v) is 6.77. The van der Waals surface area contributed by atoms with Crippen molar-refractivity contribution in [2.75, 3.05) is 7.11 Å². The Kier molecular flexibility index (Phi) is 2.16. The molecule has 1 aromatic rings. The maximum Gasteiger partial charge on any atom is 0.312 e. The van der Waals surface area contributed by atoms with E-state index in [2.05, 4.69) is 40.2 Å². The molecular weight excluding hydrogens is 304 g/mol. The van der Waals surface area contributed by atoms with Crippen LogP contribution in [0.25, 0.3) is 0 Å². The van der Waals surface area contributed by atoms with Gasteiger partial charge in [0, 0.05) is 9.89 Å². The van der Waals surface area contributed by atoms with Crippen molar-refractivity contribution in [2.45, 2.75) is 37.5 Å². The summed E-state index contributed by atoms with van der Waals surface area (Å²) in [5.41, 5.74) is 1.75. The quantitative estimate of drug-likeness (QED) is 0.774. The molecule has 2 nitrogen and oxygen atoms in total. The Balaban J connectivity index is 1.74. The molecule has 0 bridgehead atoms. The molecule has 3 unspecified atom stereocenters. The maximum atomic E-state index is 12.2. The van der Waals surface area contributed by atoms with Crippen molar-refractivity contribution in [3.05, 3.63) is 34.3 Å². The zero-order chi connectivity index (χ0) is 13.3. The smallest absolute Gasteiger partial charge is 0.312 e. The minimum Gasteiger partial charge on any atom is -0.469 e. The van der Waals surface area contributed by atoms with E-state index in [1.807, 2.05) is 0 Å². The van der Waals surface area contributed by atoms with Crippen LogP contribution in [0.5, 0.6) is 0 Å². The fraction of sp³-hybridized carbons (Fsp3) is 0.562. The summed E-state index contributed by atoms with van der Waals surface area (Å²) in [6, 6.07) is 8.69. The zero-order valence-corrected chi connectivity index (χ0v) is 12.6. The fourth-order valence-corrected chi connectivity index (χ4v) is 5.42. The van der Waals surface area contributed by atoms with Gasteiger partial charge in [-0.1, -0.05) is 28.1 Å². The molecule has 0 heterocycles. The van der Waals surface area contributed by atoms with Crippen LogP contribution in [0.2, 0.25) is 0 Å². The summed E-state index contributed by atoms with van der Waals surface area (Å²) in [5, 5.41) is 0. The normalized spacial score (nSPS) is 42.0. The summed E-state index contributed by atoms with van der Waals surface area (Å²) in [6.45, 7) is 0. The van der Waals surface area contributed by atoms with Crippen LogP contribution >= 0.6 is 15.9 Å². The molecule has 0 N–H and O–H groups in total. The second-order valence-corrected chi connectivity index (χ2v) is 7.34. The van der Waals surface area contributed by atoms with Crippen LogP contribution in [0, 0.1) is 10.8 Å². The maximum absolute atomic E-state index is 12.2. The third kappa shape index (κ3) is 1.13. The summed E-state index contributed by atoms with van der Waals surface area (Å²) in [6.07, 6.45) is 5.55. The van der Waals surface area contributed by atoms with E-state index in [1.54, 1.807) is 0 Å². The third-order valence-electron chi connectivity index (χ3n) is 6.24. The zero-order valence-electron chi connectivity index (χ0n) is 11.0. The first-order chi connectivity index (χ1) is 9.10. The van der Waals surface area contributed by atoms with Gasteiger partial charge in [-0.2, -0.15) is 0 Å². The van der Waals surface area contributed by atoms with Crippen molar-refractivity contribution >= 4 is 21.9 Å². The molecule has 0 aliphatic heterocycles. The van der Waals surface area contributed by atoms with Gasteiger partial charge in [0.15, 0.2) is 0 Å². The van der Waals surface area contributed by atoms with Crippen LogP contribution in [0.3, 0.4) is 0 Å². The fourth-order valence-electron chi connectivity index (χ4n) is 5.16. The lowest BCUT2D eigenvalue weighted by molar-refractivity contribution is -0.166. The van der Waals surface area contributed by atoms with E-state index in [-0.39, 0.29) is 22.2 Å². The molecule has 0 saturated heterocycles. The summed E-state index contributed by atoms with van der Waals surface area (Å²) in [5.74, 6) is 0.0373. The van der Waals surface area contributed by atoms with E-state index in [1.165, 1.54) is 25.5 Å². The number of carbonyl (C=O) groups excluding carboxylic acids is 1. The molecule has 3 saturated carbocycles. The molecule has 0 amide bonds. The van der Waals surface area contributed by atoms with Crippen molar-refractivity contribution < 1.29 is 9.53 Å². The second kappa shape index (κ2) is 3.43. The van der Waals surface area contributed by atoms with Crippen molar-refractivity contribution in [1.82, 2.24) is 0 Å². The average molecular weight is 321 g/mol. The van der Waals surface area contributed by atoms with Crippen LogP contribution in [0.15, 0.2) is 28.7 Å². The predicted octanol–water partition coefficient (Wildman–Crippen LogP) is 3.82. The van der Waals surface area contributed by atoms with Crippen LogP contribution in [0.4, 0.5) is 0 Å². The van der Waals surface area contributed by atoms with Gasteiger partial charge in [-0.15, -0.1) is 0 Å². The molecule has 0 radical (unpaired) electrons. The van der Waals surface area contributed by atoms with Crippen LogP contribution in [-0.2, 0) is 14.9 Å². The standard InChI is InChI=1S/C16H17BrO2/c1-19-13(18)14-6-7-15(10-16(14,15)9-8-14)11-2-4-12(17)5-3-11/h2-5H,6-10H2,1H3.